The molecule has 5 nitrogen and oxygen atoms in total. The fourth-order valence-electron chi connectivity index (χ4n) is 2.59. The Bertz CT molecular complexity index is 944. The van der Waals surface area contributed by atoms with E-state index in [0.29, 0.717) is 0 Å². The van der Waals surface area contributed by atoms with Crippen molar-refractivity contribution in [2.75, 3.05) is 6.26 Å². The number of nitrogens with one attached hydrogen (secondary N) is 1. The maximum atomic E-state index is 13.0. The SMILES string of the molecule is CC(C)(C)C(NS(=O)(=O)c1ccccc1S(C)(=O)=O)c1ccccc1. The molecule has 0 saturated heterocycles. The number of rotatable bonds is 5. The minimum Gasteiger partial charge on any atom is -0.224 e. The predicted octanol–water partition coefficient (Wildman–Crippen LogP) is 3.16. The quantitative estimate of drug-likeness (QED) is 0.863. The topological polar surface area (TPSA) is 80.3 Å². The van der Waals surface area contributed by atoms with Gasteiger partial charge in [0.15, 0.2) is 9.84 Å². The Balaban J connectivity index is 2.54. The first-order chi connectivity index (χ1) is 11.4. The fraction of sp³-hybridized carbons (Fsp3) is 0.333. The van der Waals surface area contributed by atoms with Gasteiger partial charge in [0, 0.05) is 6.26 Å². The van der Waals surface area contributed by atoms with Crippen LogP contribution in [0.2, 0.25) is 0 Å². The van der Waals surface area contributed by atoms with Crippen molar-refractivity contribution in [1.29, 1.82) is 0 Å². The summed E-state index contributed by atoms with van der Waals surface area (Å²) in [5.41, 5.74) is 0.407. The van der Waals surface area contributed by atoms with Crippen LogP contribution >= 0.6 is 0 Å². The van der Waals surface area contributed by atoms with Crippen molar-refractivity contribution < 1.29 is 16.8 Å². The second-order valence-corrected chi connectivity index (χ2v) is 10.7. The maximum absolute atomic E-state index is 13.0. The average molecular weight is 382 g/mol. The van der Waals surface area contributed by atoms with Gasteiger partial charge in [0.05, 0.1) is 10.9 Å². The van der Waals surface area contributed by atoms with Crippen molar-refractivity contribution in [3.05, 3.63) is 60.2 Å². The average Bonchev–Trinajstić information content (AvgIpc) is 2.52. The van der Waals surface area contributed by atoms with E-state index in [1.807, 2.05) is 51.1 Å². The molecule has 0 amide bonds. The van der Waals surface area contributed by atoms with Gasteiger partial charge in [-0.1, -0.05) is 63.2 Å². The van der Waals surface area contributed by atoms with Crippen LogP contribution < -0.4 is 4.72 Å². The Morgan fingerprint density at radius 1 is 0.800 bits per heavy atom. The van der Waals surface area contributed by atoms with E-state index in [0.717, 1.165) is 11.8 Å². The molecule has 0 aliphatic carbocycles. The van der Waals surface area contributed by atoms with Crippen molar-refractivity contribution in [1.82, 2.24) is 4.72 Å². The molecule has 7 heteroatoms. The number of sulfonamides is 1. The zero-order valence-corrected chi connectivity index (χ0v) is 16.4. The summed E-state index contributed by atoms with van der Waals surface area (Å²) in [6, 6.07) is 14.4. The maximum Gasteiger partial charge on any atom is 0.242 e. The lowest BCUT2D eigenvalue weighted by molar-refractivity contribution is 0.304. The molecule has 1 unspecified atom stereocenters. The van der Waals surface area contributed by atoms with Gasteiger partial charge in [-0.25, -0.2) is 21.6 Å². The van der Waals surface area contributed by atoms with Gasteiger partial charge in [-0.2, -0.15) is 0 Å². The second-order valence-electron chi connectivity index (χ2n) is 7.05. The van der Waals surface area contributed by atoms with E-state index >= 15 is 0 Å². The van der Waals surface area contributed by atoms with Crippen LogP contribution in [0.1, 0.15) is 32.4 Å². The molecule has 2 rings (SSSR count). The van der Waals surface area contributed by atoms with Crippen molar-refractivity contribution in [2.24, 2.45) is 5.41 Å². The van der Waals surface area contributed by atoms with Gasteiger partial charge in [0.25, 0.3) is 0 Å². The van der Waals surface area contributed by atoms with Gasteiger partial charge in [-0.3, -0.25) is 0 Å². The van der Waals surface area contributed by atoms with E-state index in [2.05, 4.69) is 4.72 Å². The lowest BCUT2D eigenvalue weighted by Gasteiger charge is -2.32. The summed E-state index contributed by atoms with van der Waals surface area (Å²) in [5, 5.41) is 0. The first-order valence-corrected chi connectivity index (χ1v) is 11.2. The first-order valence-electron chi connectivity index (χ1n) is 7.79. The third-order valence-electron chi connectivity index (χ3n) is 3.81. The van der Waals surface area contributed by atoms with E-state index in [1.54, 1.807) is 0 Å². The zero-order valence-electron chi connectivity index (χ0n) is 14.7. The van der Waals surface area contributed by atoms with Crippen LogP contribution in [-0.2, 0) is 19.9 Å². The summed E-state index contributed by atoms with van der Waals surface area (Å²) in [5.74, 6) is 0. The van der Waals surface area contributed by atoms with E-state index in [4.69, 9.17) is 0 Å². The molecule has 0 heterocycles. The van der Waals surface area contributed by atoms with E-state index < -0.39 is 31.3 Å². The van der Waals surface area contributed by atoms with Crippen LogP contribution in [0.4, 0.5) is 0 Å². The fourth-order valence-corrected chi connectivity index (χ4v) is 5.65. The van der Waals surface area contributed by atoms with Crippen LogP contribution in [0.5, 0.6) is 0 Å². The minimum absolute atomic E-state index is 0.205. The monoisotopic (exact) mass is 381 g/mol. The van der Waals surface area contributed by atoms with Crippen molar-refractivity contribution in [3.63, 3.8) is 0 Å². The molecule has 0 saturated carbocycles. The molecule has 0 bridgehead atoms. The molecule has 25 heavy (non-hydrogen) atoms. The number of hydrogen-bond acceptors (Lipinski definition) is 4. The van der Waals surface area contributed by atoms with Crippen LogP contribution in [0.3, 0.4) is 0 Å². The van der Waals surface area contributed by atoms with Gasteiger partial charge in [-0.15, -0.1) is 0 Å². The van der Waals surface area contributed by atoms with Crippen molar-refractivity contribution in [2.45, 2.75) is 36.6 Å². The minimum atomic E-state index is -4.03. The Labute approximate surface area is 150 Å². The third kappa shape index (κ3) is 4.68. The summed E-state index contributed by atoms with van der Waals surface area (Å²) < 4.78 is 52.5. The molecule has 136 valence electrons. The van der Waals surface area contributed by atoms with Crippen LogP contribution in [0.15, 0.2) is 64.4 Å². The van der Waals surface area contributed by atoms with Gasteiger partial charge in [-0.05, 0) is 23.1 Å². The number of sulfone groups is 1. The normalized spacial score (nSPS) is 14.2. The molecule has 0 fully saturated rings. The highest BCUT2D eigenvalue weighted by Gasteiger charge is 2.32. The summed E-state index contributed by atoms with van der Waals surface area (Å²) >= 11 is 0. The number of benzene rings is 2. The van der Waals surface area contributed by atoms with Gasteiger partial charge in [0.2, 0.25) is 10.0 Å². The number of hydrogen-bond donors (Lipinski definition) is 1. The molecule has 0 aliphatic rings. The molecule has 0 spiro atoms. The Morgan fingerprint density at radius 3 is 1.76 bits per heavy atom. The summed E-state index contributed by atoms with van der Waals surface area (Å²) in [6.07, 6.45) is 1.000. The second kappa shape index (κ2) is 6.90. The molecule has 2 aromatic rings. The Morgan fingerprint density at radius 2 is 1.28 bits per heavy atom. The summed E-state index contributed by atoms with van der Waals surface area (Å²) in [7, 11) is -7.71. The van der Waals surface area contributed by atoms with Crippen molar-refractivity contribution in [3.8, 4) is 0 Å². The lowest BCUT2D eigenvalue weighted by Crippen LogP contribution is -2.37. The van der Waals surface area contributed by atoms with E-state index in [9.17, 15) is 16.8 Å². The molecule has 0 aromatic heterocycles. The lowest BCUT2D eigenvalue weighted by atomic mass is 9.83. The molecule has 1 atom stereocenters. The molecular formula is C18H23NO4S2. The smallest absolute Gasteiger partial charge is 0.224 e. The van der Waals surface area contributed by atoms with Crippen LogP contribution in [0.25, 0.3) is 0 Å². The summed E-state index contributed by atoms with van der Waals surface area (Å²) in [6.45, 7) is 5.78. The molecular weight excluding hydrogens is 358 g/mol. The highest BCUT2D eigenvalue weighted by Crippen LogP contribution is 2.34. The van der Waals surface area contributed by atoms with Gasteiger partial charge >= 0.3 is 0 Å². The zero-order chi connectivity index (χ0) is 18.9. The standard InChI is InChI=1S/C18H23NO4S2/c1-18(2,3)17(14-10-6-5-7-11-14)19-25(22,23)16-13-9-8-12-15(16)24(4,20)21/h5-13,17,19H,1-4H3. The Kier molecular flexibility index (Phi) is 5.41. The molecule has 0 radical (unpaired) electrons. The van der Waals surface area contributed by atoms with E-state index in [-0.39, 0.29) is 9.79 Å². The van der Waals surface area contributed by atoms with Gasteiger partial charge < -0.3 is 0 Å². The predicted molar refractivity (Wildman–Crippen MR) is 98.5 cm³/mol. The van der Waals surface area contributed by atoms with Crippen LogP contribution in [0, 0.1) is 5.41 Å². The van der Waals surface area contributed by atoms with Crippen LogP contribution in [-0.4, -0.2) is 23.1 Å². The van der Waals surface area contributed by atoms with Crippen molar-refractivity contribution >= 4 is 19.9 Å². The summed E-state index contributed by atoms with van der Waals surface area (Å²) in [4.78, 5) is -0.439. The molecule has 0 aliphatic heterocycles. The Hall–Kier alpha value is -1.70. The molecule has 1 N–H and O–H groups in total. The third-order valence-corrected chi connectivity index (χ3v) is 6.58. The first kappa shape index (κ1) is 19.6. The van der Waals surface area contributed by atoms with Gasteiger partial charge in [0.1, 0.15) is 4.90 Å². The molecule has 2 aromatic carbocycles. The highest BCUT2D eigenvalue weighted by atomic mass is 32.2. The van der Waals surface area contributed by atoms with E-state index in [1.165, 1.54) is 24.3 Å². The largest absolute Gasteiger partial charge is 0.242 e. The highest BCUT2D eigenvalue weighted by molar-refractivity contribution is 7.93.